The van der Waals surface area contributed by atoms with E-state index in [4.69, 9.17) is 9.47 Å². The minimum absolute atomic E-state index is 0.108. The lowest BCUT2D eigenvalue weighted by Gasteiger charge is -2.41. The molecule has 2 rings (SSSR count). The van der Waals surface area contributed by atoms with Gasteiger partial charge in [-0.25, -0.2) is 4.79 Å². The smallest absolute Gasteiger partial charge is 0.407 e. The lowest BCUT2D eigenvalue weighted by Crippen LogP contribution is -2.60. The van der Waals surface area contributed by atoms with Crippen molar-refractivity contribution in [3.8, 4) is 0 Å². The van der Waals surface area contributed by atoms with Crippen LogP contribution < -0.4 is 5.32 Å². The zero-order chi connectivity index (χ0) is 13.0. The molecule has 2 N–H and O–H groups in total. The van der Waals surface area contributed by atoms with Crippen LogP contribution in [0.5, 0.6) is 0 Å². The van der Waals surface area contributed by atoms with E-state index < -0.39 is 6.09 Å². The normalized spacial score (nSPS) is 33.9. The van der Waals surface area contributed by atoms with Gasteiger partial charge in [0.25, 0.3) is 0 Å². The SMILES string of the molecule is CCO[C@@H]1[C@@H](C2CCCCC2)OC(=O)N[C@@H]1CO. The summed E-state index contributed by atoms with van der Waals surface area (Å²) in [4.78, 5) is 11.5. The monoisotopic (exact) mass is 257 g/mol. The predicted molar refractivity (Wildman–Crippen MR) is 66.3 cm³/mol. The molecule has 0 bridgehead atoms. The highest BCUT2D eigenvalue weighted by Gasteiger charge is 2.42. The highest BCUT2D eigenvalue weighted by atomic mass is 16.6. The third-order valence-corrected chi connectivity index (χ3v) is 3.94. The number of aliphatic hydroxyl groups is 1. The Balaban J connectivity index is 2.08. The second-order valence-electron chi connectivity index (χ2n) is 5.12. The average molecular weight is 257 g/mol. The average Bonchev–Trinajstić information content (AvgIpc) is 2.41. The Bertz CT molecular complexity index is 278. The van der Waals surface area contributed by atoms with Gasteiger partial charge in [0.15, 0.2) is 0 Å². The molecule has 1 saturated heterocycles. The third-order valence-electron chi connectivity index (χ3n) is 3.94. The van der Waals surface area contributed by atoms with E-state index in [0.717, 1.165) is 12.8 Å². The van der Waals surface area contributed by atoms with Crippen molar-refractivity contribution < 1.29 is 19.4 Å². The van der Waals surface area contributed by atoms with E-state index in [1.54, 1.807) is 0 Å². The molecule has 5 nitrogen and oxygen atoms in total. The molecule has 1 saturated carbocycles. The van der Waals surface area contributed by atoms with E-state index in [-0.39, 0.29) is 24.9 Å². The van der Waals surface area contributed by atoms with Crippen LogP contribution in [0.3, 0.4) is 0 Å². The summed E-state index contributed by atoms with van der Waals surface area (Å²) in [6.45, 7) is 2.37. The number of alkyl carbamates (subject to hydrolysis) is 1. The molecule has 3 atom stereocenters. The maximum absolute atomic E-state index is 11.5. The zero-order valence-corrected chi connectivity index (χ0v) is 10.9. The van der Waals surface area contributed by atoms with Gasteiger partial charge in [-0.2, -0.15) is 0 Å². The summed E-state index contributed by atoms with van der Waals surface area (Å²) in [5.74, 6) is 0.371. The van der Waals surface area contributed by atoms with Crippen LogP contribution in [0.4, 0.5) is 4.79 Å². The van der Waals surface area contributed by atoms with Crippen LogP contribution in [0, 0.1) is 5.92 Å². The Kier molecular flexibility index (Phi) is 4.83. The molecule has 2 fully saturated rings. The molecule has 0 aromatic heterocycles. The van der Waals surface area contributed by atoms with Gasteiger partial charge in [-0.3, -0.25) is 0 Å². The van der Waals surface area contributed by atoms with Gasteiger partial charge in [0.05, 0.1) is 12.6 Å². The van der Waals surface area contributed by atoms with Gasteiger partial charge in [-0.1, -0.05) is 19.3 Å². The Morgan fingerprint density at radius 3 is 2.72 bits per heavy atom. The van der Waals surface area contributed by atoms with Crippen LogP contribution in [0.15, 0.2) is 0 Å². The van der Waals surface area contributed by atoms with Gasteiger partial charge in [0, 0.05) is 6.61 Å². The Morgan fingerprint density at radius 2 is 2.11 bits per heavy atom. The van der Waals surface area contributed by atoms with E-state index in [1.807, 2.05) is 6.92 Å². The number of hydrogen-bond acceptors (Lipinski definition) is 4. The molecule has 5 heteroatoms. The fourth-order valence-electron chi connectivity index (χ4n) is 3.07. The number of aliphatic hydroxyl groups excluding tert-OH is 1. The summed E-state index contributed by atoms with van der Waals surface area (Å²) in [6.07, 6.45) is 4.93. The third kappa shape index (κ3) is 2.95. The van der Waals surface area contributed by atoms with E-state index >= 15 is 0 Å². The lowest BCUT2D eigenvalue weighted by molar-refractivity contribution is -0.111. The van der Waals surface area contributed by atoms with Gasteiger partial charge in [-0.15, -0.1) is 0 Å². The summed E-state index contributed by atoms with van der Waals surface area (Å²) in [7, 11) is 0. The van der Waals surface area contributed by atoms with Crippen LogP contribution in [-0.2, 0) is 9.47 Å². The number of cyclic esters (lactones) is 1. The highest BCUT2D eigenvalue weighted by molar-refractivity contribution is 5.69. The Labute approximate surface area is 108 Å². The van der Waals surface area contributed by atoms with Crippen molar-refractivity contribution in [2.24, 2.45) is 5.92 Å². The highest BCUT2D eigenvalue weighted by Crippen LogP contribution is 2.32. The summed E-state index contributed by atoms with van der Waals surface area (Å²) < 4.78 is 11.1. The summed E-state index contributed by atoms with van der Waals surface area (Å²) in [6, 6.07) is -0.349. The first kappa shape index (κ1) is 13.6. The summed E-state index contributed by atoms with van der Waals surface area (Å²) >= 11 is 0. The molecule has 1 aliphatic carbocycles. The molecule has 104 valence electrons. The minimum atomic E-state index is -0.430. The quantitative estimate of drug-likeness (QED) is 0.799. The number of nitrogens with one attached hydrogen (secondary N) is 1. The second kappa shape index (κ2) is 6.38. The van der Waals surface area contributed by atoms with Crippen LogP contribution in [-0.4, -0.2) is 42.7 Å². The fourth-order valence-corrected chi connectivity index (χ4v) is 3.07. The van der Waals surface area contributed by atoms with Gasteiger partial charge < -0.3 is 19.9 Å². The van der Waals surface area contributed by atoms with Gasteiger partial charge >= 0.3 is 6.09 Å². The van der Waals surface area contributed by atoms with Crippen molar-refractivity contribution in [2.45, 2.75) is 57.3 Å². The van der Waals surface area contributed by atoms with Crippen molar-refractivity contribution in [1.29, 1.82) is 0 Å². The van der Waals surface area contributed by atoms with Crippen LogP contribution in [0.2, 0.25) is 0 Å². The van der Waals surface area contributed by atoms with Crippen LogP contribution in [0.1, 0.15) is 39.0 Å². The first-order valence-corrected chi connectivity index (χ1v) is 6.96. The number of ether oxygens (including phenoxy) is 2. The number of carbonyl (C=O) groups is 1. The van der Waals surface area contributed by atoms with Gasteiger partial charge in [0.1, 0.15) is 12.2 Å². The van der Waals surface area contributed by atoms with Crippen LogP contribution in [0.25, 0.3) is 0 Å². The topological polar surface area (TPSA) is 67.8 Å². The number of carbonyl (C=O) groups excluding carboxylic acids is 1. The molecule has 1 aliphatic heterocycles. The lowest BCUT2D eigenvalue weighted by atomic mass is 9.81. The van der Waals surface area contributed by atoms with Crippen molar-refractivity contribution in [1.82, 2.24) is 5.32 Å². The van der Waals surface area contributed by atoms with E-state index in [2.05, 4.69) is 5.32 Å². The van der Waals surface area contributed by atoms with E-state index in [9.17, 15) is 9.90 Å². The van der Waals surface area contributed by atoms with Crippen LogP contribution >= 0.6 is 0 Å². The molecule has 0 aromatic carbocycles. The van der Waals surface area contributed by atoms with Crippen molar-refractivity contribution in [3.05, 3.63) is 0 Å². The maximum atomic E-state index is 11.5. The van der Waals surface area contributed by atoms with Crippen molar-refractivity contribution in [3.63, 3.8) is 0 Å². The molecule has 18 heavy (non-hydrogen) atoms. The van der Waals surface area contributed by atoms with Crippen molar-refractivity contribution >= 4 is 6.09 Å². The van der Waals surface area contributed by atoms with Gasteiger partial charge in [-0.05, 0) is 25.7 Å². The molecule has 2 aliphatic rings. The Hall–Kier alpha value is -0.810. The molecular formula is C13H23NO4. The first-order chi connectivity index (χ1) is 8.76. The maximum Gasteiger partial charge on any atom is 0.407 e. The van der Waals surface area contributed by atoms with E-state index in [0.29, 0.717) is 12.5 Å². The first-order valence-electron chi connectivity index (χ1n) is 6.96. The molecular weight excluding hydrogens is 234 g/mol. The standard InChI is InChI=1S/C13H23NO4/c1-2-17-12-10(8-15)14-13(16)18-11(12)9-6-4-3-5-7-9/h9-12,15H,2-8H2,1H3,(H,14,16)/t10-,11-,12+/m1/s1. The number of rotatable bonds is 4. The van der Waals surface area contributed by atoms with Crippen molar-refractivity contribution in [2.75, 3.05) is 13.2 Å². The second-order valence-corrected chi connectivity index (χ2v) is 5.12. The molecule has 0 unspecified atom stereocenters. The summed E-state index contributed by atoms with van der Waals surface area (Å²) in [5.41, 5.74) is 0. The zero-order valence-electron chi connectivity index (χ0n) is 10.9. The molecule has 0 aromatic rings. The molecule has 0 spiro atoms. The fraction of sp³-hybridized carbons (Fsp3) is 0.923. The largest absolute Gasteiger partial charge is 0.443 e. The van der Waals surface area contributed by atoms with E-state index in [1.165, 1.54) is 19.3 Å². The number of hydrogen-bond donors (Lipinski definition) is 2. The summed E-state index contributed by atoms with van der Waals surface area (Å²) in [5, 5.41) is 12.0. The predicted octanol–water partition coefficient (Wildman–Crippen LogP) is 1.44. The Morgan fingerprint density at radius 1 is 1.39 bits per heavy atom. The number of amides is 1. The van der Waals surface area contributed by atoms with Gasteiger partial charge in [0.2, 0.25) is 0 Å². The molecule has 1 amide bonds. The molecule has 0 radical (unpaired) electrons. The minimum Gasteiger partial charge on any atom is -0.443 e. The molecule has 1 heterocycles.